The van der Waals surface area contributed by atoms with Crippen molar-refractivity contribution in [1.82, 2.24) is 0 Å². The molecule has 0 aromatic heterocycles. The second kappa shape index (κ2) is 7.76. The van der Waals surface area contributed by atoms with Crippen LogP contribution in [0.15, 0.2) is 48.5 Å². The predicted molar refractivity (Wildman–Crippen MR) is 81.8 cm³/mol. The average molecular weight is 280 g/mol. The van der Waals surface area contributed by atoms with E-state index in [1.807, 2.05) is 37.3 Å². The fraction of sp³-hybridized carbons (Fsp3) is 0.167. The molecule has 2 aromatic carbocycles. The number of aldehydes is 1. The minimum Gasteiger partial charge on any atom is -0.490 e. The molecule has 0 saturated carbocycles. The molecule has 0 aliphatic carbocycles. The summed E-state index contributed by atoms with van der Waals surface area (Å²) in [4.78, 5) is 11.1. The number of carbonyl (C=O) groups is 1. The molecular formula is C18H16O3. The molecular weight excluding hydrogens is 264 g/mol. The van der Waals surface area contributed by atoms with Crippen molar-refractivity contribution in [3.63, 3.8) is 0 Å². The lowest BCUT2D eigenvalue weighted by molar-refractivity contribution is 0.111. The first kappa shape index (κ1) is 14.7. The van der Waals surface area contributed by atoms with Crippen LogP contribution in [0, 0.1) is 11.8 Å². The van der Waals surface area contributed by atoms with E-state index in [2.05, 4.69) is 11.8 Å². The Hall–Kier alpha value is -2.73. The molecule has 0 atom stereocenters. The zero-order chi connectivity index (χ0) is 14.9. The Labute approximate surface area is 124 Å². The highest BCUT2D eigenvalue weighted by molar-refractivity contribution is 5.81. The Balaban J connectivity index is 2.09. The highest BCUT2D eigenvalue weighted by Crippen LogP contribution is 2.30. The van der Waals surface area contributed by atoms with Gasteiger partial charge >= 0.3 is 0 Å². The number of hydrogen-bond donors (Lipinski definition) is 0. The Morgan fingerprint density at radius 1 is 1.05 bits per heavy atom. The average Bonchev–Trinajstić information content (AvgIpc) is 2.53. The highest BCUT2D eigenvalue weighted by Gasteiger charge is 2.09. The Bertz CT molecular complexity index is 651. The summed E-state index contributed by atoms with van der Waals surface area (Å²) in [5.74, 6) is 6.93. The number of hydrogen-bond acceptors (Lipinski definition) is 3. The summed E-state index contributed by atoms with van der Waals surface area (Å²) >= 11 is 0. The van der Waals surface area contributed by atoms with E-state index in [9.17, 15) is 4.79 Å². The minimum atomic E-state index is 0.194. The molecule has 0 N–H and O–H groups in total. The smallest absolute Gasteiger partial charge is 0.173 e. The number of rotatable bonds is 5. The van der Waals surface area contributed by atoms with E-state index in [0.717, 1.165) is 11.8 Å². The van der Waals surface area contributed by atoms with Gasteiger partial charge in [0, 0.05) is 5.56 Å². The molecule has 3 nitrogen and oxygen atoms in total. The van der Waals surface area contributed by atoms with E-state index in [4.69, 9.17) is 9.47 Å². The summed E-state index contributed by atoms with van der Waals surface area (Å²) in [7, 11) is 0. The molecule has 0 heterocycles. The summed E-state index contributed by atoms with van der Waals surface area (Å²) in [6.07, 6.45) is 0.752. The number of ether oxygens (including phenoxy) is 2. The standard InChI is InChI=1S/C18H16O3/c1-2-20-17-12-6-11-16(14-19)18(17)21-13-7-10-15-8-4-3-5-9-15/h3-6,8-9,11-12,14H,2,13H2,1H3. The zero-order valence-electron chi connectivity index (χ0n) is 11.8. The van der Waals surface area contributed by atoms with Gasteiger partial charge in [0.2, 0.25) is 0 Å². The van der Waals surface area contributed by atoms with Gasteiger partial charge in [-0.05, 0) is 31.2 Å². The maximum absolute atomic E-state index is 11.1. The van der Waals surface area contributed by atoms with Crippen LogP contribution in [0.25, 0.3) is 0 Å². The van der Waals surface area contributed by atoms with Crippen LogP contribution < -0.4 is 9.47 Å². The van der Waals surface area contributed by atoms with Crippen molar-refractivity contribution >= 4 is 6.29 Å². The Morgan fingerprint density at radius 2 is 1.86 bits per heavy atom. The quantitative estimate of drug-likeness (QED) is 0.622. The zero-order valence-corrected chi connectivity index (χ0v) is 11.8. The lowest BCUT2D eigenvalue weighted by atomic mass is 10.2. The van der Waals surface area contributed by atoms with Crippen molar-refractivity contribution in [2.75, 3.05) is 13.2 Å². The highest BCUT2D eigenvalue weighted by atomic mass is 16.5. The van der Waals surface area contributed by atoms with Crippen LogP contribution in [0.5, 0.6) is 11.5 Å². The molecule has 21 heavy (non-hydrogen) atoms. The molecule has 0 saturated heterocycles. The predicted octanol–water partition coefficient (Wildman–Crippen LogP) is 3.33. The SMILES string of the molecule is CCOc1cccc(C=O)c1OCC#Cc1ccccc1. The molecule has 3 heteroatoms. The monoisotopic (exact) mass is 280 g/mol. The second-order valence-corrected chi connectivity index (χ2v) is 4.18. The van der Waals surface area contributed by atoms with Gasteiger partial charge in [-0.25, -0.2) is 0 Å². The number of para-hydroxylation sites is 1. The summed E-state index contributed by atoms with van der Waals surface area (Å²) in [5.41, 5.74) is 1.39. The van der Waals surface area contributed by atoms with Gasteiger partial charge in [-0.1, -0.05) is 36.1 Å². The van der Waals surface area contributed by atoms with Gasteiger partial charge in [0.05, 0.1) is 12.2 Å². The molecule has 0 bridgehead atoms. The fourth-order valence-electron chi connectivity index (χ4n) is 1.82. The molecule has 0 radical (unpaired) electrons. The van der Waals surface area contributed by atoms with E-state index >= 15 is 0 Å². The van der Waals surface area contributed by atoms with Crippen LogP contribution in [-0.2, 0) is 0 Å². The van der Waals surface area contributed by atoms with Crippen molar-refractivity contribution in [1.29, 1.82) is 0 Å². The Morgan fingerprint density at radius 3 is 2.57 bits per heavy atom. The van der Waals surface area contributed by atoms with Crippen LogP contribution in [-0.4, -0.2) is 19.5 Å². The molecule has 0 aliphatic rings. The summed E-state index contributed by atoms with van der Waals surface area (Å²) < 4.78 is 11.1. The molecule has 0 amide bonds. The van der Waals surface area contributed by atoms with Crippen LogP contribution in [0.2, 0.25) is 0 Å². The first-order valence-electron chi connectivity index (χ1n) is 6.73. The maximum Gasteiger partial charge on any atom is 0.173 e. The van der Waals surface area contributed by atoms with Crippen molar-refractivity contribution < 1.29 is 14.3 Å². The molecule has 0 fully saturated rings. The van der Waals surface area contributed by atoms with Gasteiger partial charge < -0.3 is 9.47 Å². The number of benzene rings is 2. The fourth-order valence-corrected chi connectivity index (χ4v) is 1.82. The molecule has 0 spiro atoms. The molecule has 0 aliphatic heterocycles. The summed E-state index contributed by atoms with van der Waals surface area (Å²) in [6.45, 7) is 2.58. The largest absolute Gasteiger partial charge is 0.490 e. The van der Waals surface area contributed by atoms with Gasteiger partial charge in [-0.2, -0.15) is 0 Å². The van der Waals surface area contributed by atoms with Gasteiger partial charge in [0.1, 0.15) is 6.61 Å². The van der Waals surface area contributed by atoms with E-state index in [-0.39, 0.29) is 6.61 Å². The van der Waals surface area contributed by atoms with Crippen molar-refractivity contribution in [3.8, 4) is 23.3 Å². The molecule has 2 aromatic rings. The molecule has 106 valence electrons. The maximum atomic E-state index is 11.1. The topological polar surface area (TPSA) is 35.5 Å². The third-order valence-corrected chi connectivity index (χ3v) is 2.73. The molecule has 2 rings (SSSR count). The van der Waals surface area contributed by atoms with Crippen LogP contribution >= 0.6 is 0 Å². The third-order valence-electron chi connectivity index (χ3n) is 2.73. The minimum absolute atomic E-state index is 0.194. The van der Waals surface area contributed by atoms with Gasteiger partial charge in [-0.3, -0.25) is 4.79 Å². The normalized spacial score (nSPS) is 9.38. The van der Waals surface area contributed by atoms with E-state index in [1.165, 1.54) is 0 Å². The molecule has 0 unspecified atom stereocenters. The van der Waals surface area contributed by atoms with Gasteiger partial charge in [0.25, 0.3) is 0 Å². The Kier molecular flexibility index (Phi) is 5.42. The summed E-state index contributed by atoms with van der Waals surface area (Å²) in [6, 6.07) is 14.9. The van der Waals surface area contributed by atoms with Gasteiger partial charge in [0.15, 0.2) is 17.8 Å². The lowest BCUT2D eigenvalue weighted by Gasteiger charge is -2.11. The van der Waals surface area contributed by atoms with Crippen molar-refractivity contribution in [3.05, 3.63) is 59.7 Å². The lowest BCUT2D eigenvalue weighted by Crippen LogP contribution is -2.02. The van der Waals surface area contributed by atoms with Crippen molar-refractivity contribution in [2.24, 2.45) is 0 Å². The van der Waals surface area contributed by atoms with Crippen LogP contribution in [0.3, 0.4) is 0 Å². The van der Waals surface area contributed by atoms with E-state index in [1.54, 1.807) is 18.2 Å². The first-order chi connectivity index (χ1) is 10.3. The number of carbonyl (C=O) groups excluding carboxylic acids is 1. The third kappa shape index (κ3) is 4.12. The van der Waals surface area contributed by atoms with E-state index in [0.29, 0.717) is 23.7 Å². The summed E-state index contributed by atoms with van der Waals surface area (Å²) in [5, 5.41) is 0. The first-order valence-corrected chi connectivity index (χ1v) is 6.73. The second-order valence-electron chi connectivity index (χ2n) is 4.18. The van der Waals surface area contributed by atoms with Gasteiger partial charge in [-0.15, -0.1) is 0 Å². The van der Waals surface area contributed by atoms with Crippen LogP contribution in [0.1, 0.15) is 22.8 Å². The van der Waals surface area contributed by atoms with Crippen LogP contribution in [0.4, 0.5) is 0 Å². The van der Waals surface area contributed by atoms with Crippen molar-refractivity contribution in [2.45, 2.75) is 6.92 Å². The van der Waals surface area contributed by atoms with E-state index < -0.39 is 0 Å².